The first-order valence-electron chi connectivity index (χ1n) is 11.2. The van der Waals surface area contributed by atoms with Crippen LogP contribution in [0.3, 0.4) is 0 Å². The fourth-order valence-corrected chi connectivity index (χ4v) is 4.66. The SMILES string of the molecule is COc1ccc(C)c(N(Cc2nnn(C)n2)[C@H]2c3cc(N)ccc3O[C@](C)(C(OC)OC)[C@@H]2O)c1. The maximum atomic E-state index is 11.9. The number of hydrogen-bond acceptors (Lipinski definition) is 10. The van der Waals surface area contributed by atoms with Crippen LogP contribution in [0.25, 0.3) is 0 Å². The van der Waals surface area contributed by atoms with Crippen molar-refractivity contribution in [1.82, 2.24) is 20.2 Å². The molecule has 0 saturated heterocycles. The van der Waals surface area contributed by atoms with E-state index < -0.39 is 24.0 Å². The summed E-state index contributed by atoms with van der Waals surface area (Å²) in [5, 5.41) is 24.5. The molecule has 2 aromatic carbocycles. The fraction of sp³-hybridized carbons (Fsp3) is 0.458. The molecular formula is C24H32N6O5. The third kappa shape index (κ3) is 4.49. The van der Waals surface area contributed by atoms with Crippen LogP contribution in [0.15, 0.2) is 36.4 Å². The van der Waals surface area contributed by atoms with Gasteiger partial charge < -0.3 is 34.7 Å². The summed E-state index contributed by atoms with van der Waals surface area (Å²) in [7, 11) is 6.34. The number of aryl methyl sites for hydroxylation is 2. The average molecular weight is 485 g/mol. The van der Waals surface area contributed by atoms with Crippen molar-refractivity contribution < 1.29 is 24.1 Å². The number of nitrogens with zero attached hydrogens (tertiary/aromatic N) is 5. The Kier molecular flexibility index (Phi) is 6.84. The van der Waals surface area contributed by atoms with Crippen LogP contribution in [0.1, 0.15) is 29.9 Å². The number of aliphatic hydroxyl groups is 1. The van der Waals surface area contributed by atoms with E-state index in [1.807, 2.05) is 36.1 Å². The van der Waals surface area contributed by atoms with Gasteiger partial charge in [-0.05, 0) is 48.9 Å². The van der Waals surface area contributed by atoms with E-state index in [0.29, 0.717) is 28.6 Å². The molecule has 2 heterocycles. The Morgan fingerprint density at radius 1 is 1.20 bits per heavy atom. The lowest BCUT2D eigenvalue weighted by atomic mass is 9.83. The summed E-state index contributed by atoms with van der Waals surface area (Å²) in [6.45, 7) is 4.00. The molecule has 11 heteroatoms. The largest absolute Gasteiger partial charge is 0.497 e. The lowest BCUT2D eigenvalue weighted by Crippen LogP contribution is -2.62. The number of fused-ring (bicyclic) bond motifs is 1. The first-order chi connectivity index (χ1) is 16.7. The number of aliphatic hydroxyl groups excluding tert-OH is 1. The Balaban J connectivity index is 1.94. The molecule has 0 spiro atoms. The molecule has 3 N–H and O–H groups in total. The highest BCUT2D eigenvalue weighted by Crippen LogP contribution is 2.48. The summed E-state index contributed by atoms with van der Waals surface area (Å²) in [5.74, 6) is 1.72. The van der Waals surface area contributed by atoms with Gasteiger partial charge in [0.25, 0.3) is 0 Å². The quantitative estimate of drug-likeness (QED) is 0.362. The zero-order valence-electron chi connectivity index (χ0n) is 20.8. The van der Waals surface area contributed by atoms with E-state index in [0.717, 1.165) is 11.3 Å². The standard InChI is InChI=1S/C24H32N6O5/c1-14-7-9-16(32-4)12-18(14)30(13-20-26-28-29(3)27-20)21-17-11-15(25)8-10-19(17)35-24(2,22(21)31)23(33-5)34-6/h7-12,21-23,31H,13,25H2,1-6H3/t21-,22+,24-/m0/s1. The number of hydrogen-bond donors (Lipinski definition) is 2. The lowest BCUT2D eigenvalue weighted by Gasteiger charge is -2.50. The molecule has 188 valence electrons. The number of anilines is 2. The van der Waals surface area contributed by atoms with E-state index in [1.165, 1.54) is 19.0 Å². The smallest absolute Gasteiger partial charge is 0.199 e. The molecule has 35 heavy (non-hydrogen) atoms. The number of nitrogen functional groups attached to an aromatic ring is 1. The zero-order chi connectivity index (χ0) is 25.3. The van der Waals surface area contributed by atoms with Crippen LogP contribution < -0.4 is 20.1 Å². The molecule has 11 nitrogen and oxygen atoms in total. The highest BCUT2D eigenvalue weighted by Gasteiger charge is 2.54. The number of methoxy groups -OCH3 is 3. The molecule has 0 aliphatic carbocycles. The summed E-state index contributed by atoms with van der Waals surface area (Å²) < 4.78 is 22.9. The van der Waals surface area contributed by atoms with Gasteiger partial charge in [-0.1, -0.05) is 6.07 Å². The number of benzene rings is 2. The van der Waals surface area contributed by atoms with Gasteiger partial charge in [0.2, 0.25) is 0 Å². The molecule has 0 unspecified atom stereocenters. The molecule has 1 aliphatic rings. The monoisotopic (exact) mass is 484 g/mol. The number of nitrogens with two attached hydrogens (primary N) is 1. The van der Waals surface area contributed by atoms with Crippen molar-refractivity contribution in [1.29, 1.82) is 0 Å². The molecule has 3 aromatic rings. The van der Waals surface area contributed by atoms with Crippen molar-refractivity contribution in [3.8, 4) is 11.5 Å². The van der Waals surface area contributed by atoms with Crippen LogP contribution in [0.5, 0.6) is 11.5 Å². The zero-order valence-corrected chi connectivity index (χ0v) is 20.8. The van der Waals surface area contributed by atoms with Crippen LogP contribution >= 0.6 is 0 Å². The van der Waals surface area contributed by atoms with E-state index in [1.54, 1.807) is 33.2 Å². The van der Waals surface area contributed by atoms with Gasteiger partial charge in [0.15, 0.2) is 17.7 Å². The minimum atomic E-state index is -1.25. The molecular weight excluding hydrogens is 452 g/mol. The second-order valence-electron chi connectivity index (χ2n) is 8.75. The maximum Gasteiger partial charge on any atom is 0.199 e. The van der Waals surface area contributed by atoms with Crippen LogP contribution in [0, 0.1) is 6.92 Å². The van der Waals surface area contributed by atoms with Crippen LogP contribution in [0.2, 0.25) is 0 Å². The predicted octanol–water partition coefficient (Wildman–Crippen LogP) is 1.99. The van der Waals surface area contributed by atoms with Crippen LogP contribution in [-0.2, 0) is 23.1 Å². The van der Waals surface area contributed by atoms with Crippen molar-refractivity contribution in [3.05, 3.63) is 53.3 Å². The van der Waals surface area contributed by atoms with E-state index in [2.05, 4.69) is 15.4 Å². The van der Waals surface area contributed by atoms with Crippen molar-refractivity contribution in [3.63, 3.8) is 0 Å². The molecule has 3 atom stereocenters. The maximum absolute atomic E-state index is 11.9. The number of aromatic nitrogens is 4. The molecule has 1 aliphatic heterocycles. The van der Waals surface area contributed by atoms with E-state index in [4.69, 9.17) is 24.7 Å². The molecule has 4 rings (SSSR count). The molecule has 0 radical (unpaired) electrons. The van der Waals surface area contributed by atoms with E-state index in [9.17, 15) is 5.11 Å². The van der Waals surface area contributed by atoms with Gasteiger partial charge in [-0.3, -0.25) is 0 Å². The summed E-state index contributed by atoms with van der Waals surface area (Å²) in [5.41, 5.74) is 7.98. The van der Waals surface area contributed by atoms with Crippen LogP contribution in [-0.4, -0.2) is 64.6 Å². The van der Waals surface area contributed by atoms with Crippen molar-refractivity contribution in [2.75, 3.05) is 32.0 Å². The number of ether oxygens (including phenoxy) is 4. The van der Waals surface area contributed by atoms with E-state index in [-0.39, 0.29) is 6.54 Å². The van der Waals surface area contributed by atoms with Gasteiger partial charge in [-0.25, -0.2) is 0 Å². The van der Waals surface area contributed by atoms with Gasteiger partial charge in [0.05, 0.1) is 26.7 Å². The Morgan fingerprint density at radius 3 is 2.57 bits per heavy atom. The third-order valence-electron chi connectivity index (χ3n) is 6.39. The Labute approximate surface area is 204 Å². The summed E-state index contributed by atoms with van der Waals surface area (Å²) in [6, 6.07) is 10.5. The van der Waals surface area contributed by atoms with Gasteiger partial charge in [-0.15, -0.1) is 10.2 Å². The molecule has 0 saturated carbocycles. The molecule has 0 bridgehead atoms. The summed E-state index contributed by atoms with van der Waals surface area (Å²) in [4.78, 5) is 3.41. The Morgan fingerprint density at radius 2 is 1.94 bits per heavy atom. The Hall–Kier alpha value is -3.41. The summed E-state index contributed by atoms with van der Waals surface area (Å²) >= 11 is 0. The minimum Gasteiger partial charge on any atom is -0.497 e. The highest BCUT2D eigenvalue weighted by atomic mass is 16.7. The van der Waals surface area contributed by atoms with Crippen molar-refractivity contribution >= 4 is 11.4 Å². The molecule has 0 amide bonds. The molecule has 0 fully saturated rings. The van der Waals surface area contributed by atoms with Crippen molar-refractivity contribution in [2.24, 2.45) is 7.05 Å². The third-order valence-corrected chi connectivity index (χ3v) is 6.39. The minimum absolute atomic E-state index is 0.249. The van der Waals surface area contributed by atoms with Gasteiger partial charge in [0.1, 0.15) is 17.6 Å². The average Bonchev–Trinajstić information content (AvgIpc) is 3.25. The Bertz CT molecular complexity index is 1180. The normalized spacial score (nSPS) is 21.5. The highest BCUT2D eigenvalue weighted by molar-refractivity contribution is 5.61. The van der Waals surface area contributed by atoms with E-state index >= 15 is 0 Å². The number of tetrazole rings is 1. The van der Waals surface area contributed by atoms with Gasteiger partial charge in [0, 0.05) is 37.2 Å². The second kappa shape index (κ2) is 9.68. The van der Waals surface area contributed by atoms with Crippen LogP contribution in [0.4, 0.5) is 11.4 Å². The fourth-order valence-electron chi connectivity index (χ4n) is 4.66. The number of rotatable bonds is 8. The first-order valence-corrected chi connectivity index (χ1v) is 11.2. The van der Waals surface area contributed by atoms with Gasteiger partial charge in [-0.2, -0.15) is 4.80 Å². The van der Waals surface area contributed by atoms with Crippen molar-refractivity contribution in [2.45, 2.75) is 44.4 Å². The first kappa shape index (κ1) is 24.7. The summed E-state index contributed by atoms with van der Waals surface area (Å²) in [6.07, 6.45) is -1.96. The lowest BCUT2D eigenvalue weighted by molar-refractivity contribution is -0.237. The second-order valence-corrected chi connectivity index (χ2v) is 8.75. The predicted molar refractivity (Wildman–Crippen MR) is 129 cm³/mol. The van der Waals surface area contributed by atoms with Gasteiger partial charge >= 0.3 is 0 Å². The molecule has 1 aromatic heterocycles. The topological polar surface area (TPSA) is 130 Å².